The Hall–Kier alpha value is -3.52. The van der Waals surface area contributed by atoms with E-state index < -0.39 is 16.8 Å². The number of amides is 2. The van der Waals surface area contributed by atoms with E-state index in [4.69, 9.17) is 9.15 Å². The van der Waals surface area contributed by atoms with Crippen LogP contribution in [0, 0.1) is 0 Å². The summed E-state index contributed by atoms with van der Waals surface area (Å²) in [5.74, 6) is 0.0838. The van der Waals surface area contributed by atoms with Gasteiger partial charge in [0.2, 0.25) is 0 Å². The smallest absolute Gasteiger partial charge is 0.336 e. The summed E-state index contributed by atoms with van der Waals surface area (Å²) in [6, 6.07) is 12.8. The molecule has 1 aromatic heterocycles. The zero-order valence-electron chi connectivity index (χ0n) is 15.2. The van der Waals surface area contributed by atoms with E-state index in [9.17, 15) is 19.5 Å². The number of rotatable bonds is 4. The van der Waals surface area contributed by atoms with Crippen LogP contribution in [0.15, 0.2) is 62.6 Å². The van der Waals surface area contributed by atoms with Gasteiger partial charge in [-0.1, -0.05) is 18.2 Å². The van der Waals surface area contributed by atoms with Crippen LogP contribution in [0.2, 0.25) is 0 Å². The molecule has 0 unspecified atom stereocenters. The van der Waals surface area contributed by atoms with Crippen molar-refractivity contribution in [2.75, 3.05) is 7.11 Å². The number of carbonyl (C=O) groups excluding carboxylic acids is 2. The van der Waals surface area contributed by atoms with Crippen molar-refractivity contribution in [1.82, 2.24) is 4.90 Å². The maximum atomic E-state index is 12.8. The van der Waals surface area contributed by atoms with Crippen LogP contribution in [-0.4, -0.2) is 28.3 Å². The Balaban J connectivity index is 1.68. The lowest BCUT2D eigenvalue weighted by atomic mass is 10.1. The van der Waals surface area contributed by atoms with E-state index in [0.29, 0.717) is 22.3 Å². The molecule has 4 rings (SSSR count). The van der Waals surface area contributed by atoms with Crippen molar-refractivity contribution in [2.24, 2.45) is 0 Å². The third-order valence-electron chi connectivity index (χ3n) is 4.44. The van der Waals surface area contributed by atoms with Crippen LogP contribution in [0.1, 0.15) is 11.1 Å². The van der Waals surface area contributed by atoms with E-state index in [1.807, 2.05) is 12.1 Å². The van der Waals surface area contributed by atoms with Gasteiger partial charge in [0.15, 0.2) is 0 Å². The summed E-state index contributed by atoms with van der Waals surface area (Å²) in [6.45, 7) is -0.0825. The van der Waals surface area contributed by atoms with Crippen molar-refractivity contribution in [1.29, 1.82) is 0 Å². The third-order valence-corrected chi connectivity index (χ3v) is 5.35. The number of ether oxygens (including phenoxy) is 1. The fraction of sp³-hybridized carbons (Fsp3) is 0.0952. The maximum Gasteiger partial charge on any atom is 0.336 e. The van der Waals surface area contributed by atoms with Crippen LogP contribution in [0.5, 0.6) is 11.5 Å². The van der Waals surface area contributed by atoms with Gasteiger partial charge in [-0.15, -0.1) is 0 Å². The highest BCUT2D eigenvalue weighted by Crippen LogP contribution is 2.35. The summed E-state index contributed by atoms with van der Waals surface area (Å²) >= 11 is 0.829. The van der Waals surface area contributed by atoms with Crippen LogP contribution in [0.4, 0.5) is 4.79 Å². The lowest BCUT2D eigenvalue weighted by Gasteiger charge is -2.13. The first-order valence-corrected chi connectivity index (χ1v) is 9.42. The minimum absolute atomic E-state index is 0.0521. The minimum Gasteiger partial charge on any atom is -0.508 e. The summed E-state index contributed by atoms with van der Waals surface area (Å²) in [6.07, 6.45) is 1.61. The molecule has 1 aliphatic heterocycles. The standard InChI is InChI=1S/C21H15NO6S/c1-27-16-5-3-2-4-12(16)8-18-20(25)22(21(26)29-18)11-13-9-19(24)28-17-10-14(23)6-7-15(13)17/h2-10,23H,11H2,1H3/b18-8-. The Kier molecular flexibility index (Phi) is 4.85. The van der Waals surface area contributed by atoms with Crippen LogP contribution in [0.25, 0.3) is 17.0 Å². The highest BCUT2D eigenvalue weighted by Gasteiger charge is 2.35. The number of thioether (sulfide) groups is 1. The summed E-state index contributed by atoms with van der Waals surface area (Å²) in [7, 11) is 1.53. The Labute approximate surface area is 169 Å². The Morgan fingerprint density at radius 1 is 1.14 bits per heavy atom. The predicted octanol–water partition coefficient (Wildman–Crippen LogP) is 3.74. The fourth-order valence-corrected chi connectivity index (χ4v) is 3.91. The number of fused-ring (bicyclic) bond motifs is 1. The zero-order valence-corrected chi connectivity index (χ0v) is 16.1. The molecule has 1 saturated heterocycles. The van der Waals surface area contributed by atoms with Crippen LogP contribution in [-0.2, 0) is 11.3 Å². The largest absolute Gasteiger partial charge is 0.508 e. The number of phenolic OH excluding ortho intramolecular Hbond substituents is 1. The second-order valence-electron chi connectivity index (χ2n) is 6.28. The molecule has 0 atom stereocenters. The van der Waals surface area contributed by atoms with Gasteiger partial charge in [0.05, 0.1) is 18.6 Å². The van der Waals surface area contributed by atoms with E-state index in [1.165, 1.54) is 25.3 Å². The van der Waals surface area contributed by atoms with Crippen LogP contribution < -0.4 is 10.4 Å². The molecule has 0 radical (unpaired) electrons. The van der Waals surface area contributed by atoms with Gasteiger partial charge in [-0.05, 0) is 41.6 Å². The van der Waals surface area contributed by atoms with E-state index in [0.717, 1.165) is 16.7 Å². The van der Waals surface area contributed by atoms with E-state index in [-0.39, 0.29) is 22.8 Å². The summed E-state index contributed by atoms with van der Waals surface area (Å²) in [5, 5.41) is 9.70. The van der Waals surface area contributed by atoms with Crippen molar-refractivity contribution in [2.45, 2.75) is 6.54 Å². The topological polar surface area (TPSA) is 97.1 Å². The molecular weight excluding hydrogens is 394 g/mol. The molecule has 2 heterocycles. The molecule has 0 saturated carbocycles. The van der Waals surface area contributed by atoms with E-state index >= 15 is 0 Å². The molecule has 1 aliphatic rings. The number of hydrogen-bond acceptors (Lipinski definition) is 7. The van der Waals surface area contributed by atoms with Gasteiger partial charge >= 0.3 is 5.63 Å². The number of benzene rings is 2. The van der Waals surface area contributed by atoms with Crippen molar-refractivity contribution in [3.05, 3.63) is 75.0 Å². The Bertz CT molecular complexity index is 1230. The number of hydrogen-bond donors (Lipinski definition) is 1. The normalized spacial score (nSPS) is 15.5. The van der Waals surface area contributed by atoms with Gasteiger partial charge in [0.1, 0.15) is 17.1 Å². The van der Waals surface area contributed by atoms with Gasteiger partial charge in [0.25, 0.3) is 11.1 Å². The van der Waals surface area contributed by atoms with Gasteiger partial charge in [-0.3, -0.25) is 14.5 Å². The van der Waals surface area contributed by atoms with Crippen LogP contribution >= 0.6 is 11.8 Å². The molecule has 0 bridgehead atoms. The number of nitrogens with zero attached hydrogens (tertiary/aromatic N) is 1. The zero-order chi connectivity index (χ0) is 20.5. The van der Waals surface area contributed by atoms with Crippen molar-refractivity contribution < 1.29 is 23.8 Å². The van der Waals surface area contributed by atoms with Crippen molar-refractivity contribution >= 4 is 40.0 Å². The quantitative estimate of drug-likeness (QED) is 0.518. The number of phenols is 1. The lowest BCUT2D eigenvalue weighted by Crippen LogP contribution is -2.28. The highest BCUT2D eigenvalue weighted by molar-refractivity contribution is 8.18. The predicted molar refractivity (Wildman–Crippen MR) is 109 cm³/mol. The third kappa shape index (κ3) is 3.62. The molecule has 0 aliphatic carbocycles. The second-order valence-corrected chi connectivity index (χ2v) is 7.27. The number of aromatic hydroxyl groups is 1. The molecule has 0 spiro atoms. The number of methoxy groups -OCH3 is 1. The van der Waals surface area contributed by atoms with Gasteiger partial charge < -0.3 is 14.3 Å². The van der Waals surface area contributed by atoms with E-state index in [1.54, 1.807) is 24.3 Å². The number of imide groups is 1. The molecule has 146 valence electrons. The molecule has 29 heavy (non-hydrogen) atoms. The van der Waals surface area contributed by atoms with Crippen LogP contribution in [0.3, 0.4) is 0 Å². The monoisotopic (exact) mass is 409 g/mol. The van der Waals surface area contributed by atoms with Crippen molar-refractivity contribution in [3.63, 3.8) is 0 Å². The molecular formula is C21H15NO6S. The molecule has 2 amide bonds. The fourth-order valence-electron chi connectivity index (χ4n) is 3.08. The summed E-state index contributed by atoms with van der Waals surface area (Å²) in [5.41, 5.74) is 0.692. The molecule has 1 fully saturated rings. The molecule has 8 heteroatoms. The second kappa shape index (κ2) is 7.48. The summed E-state index contributed by atoms with van der Waals surface area (Å²) in [4.78, 5) is 38.5. The maximum absolute atomic E-state index is 12.8. The van der Waals surface area contributed by atoms with Crippen molar-refractivity contribution in [3.8, 4) is 11.5 Å². The van der Waals surface area contributed by atoms with Gasteiger partial charge in [0, 0.05) is 23.1 Å². The first-order chi connectivity index (χ1) is 14.0. The van der Waals surface area contributed by atoms with Gasteiger partial charge in [-0.2, -0.15) is 0 Å². The minimum atomic E-state index is -0.630. The summed E-state index contributed by atoms with van der Waals surface area (Å²) < 4.78 is 10.4. The first kappa shape index (κ1) is 18.8. The number of carbonyl (C=O) groups is 2. The van der Waals surface area contributed by atoms with Gasteiger partial charge in [-0.25, -0.2) is 4.79 Å². The average molecular weight is 409 g/mol. The molecule has 1 N–H and O–H groups in total. The Morgan fingerprint density at radius 2 is 1.93 bits per heavy atom. The number of para-hydroxylation sites is 1. The molecule has 3 aromatic rings. The SMILES string of the molecule is COc1ccccc1/C=C1\SC(=O)N(Cc2cc(=O)oc3cc(O)ccc23)C1=O. The lowest BCUT2D eigenvalue weighted by molar-refractivity contribution is -0.123. The highest BCUT2D eigenvalue weighted by atomic mass is 32.2. The van der Waals surface area contributed by atoms with E-state index in [2.05, 4.69) is 0 Å². The average Bonchev–Trinajstić information content (AvgIpc) is 2.95. The first-order valence-electron chi connectivity index (χ1n) is 8.60. The Morgan fingerprint density at radius 3 is 2.72 bits per heavy atom. The molecule has 7 nitrogen and oxygen atoms in total. The molecule has 2 aromatic carbocycles.